The zero-order valence-corrected chi connectivity index (χ0v) is 12.8. The van der Waals surface area contributed by atoms with Gasteiger partial charge in [-0.3, -0.25) is 0 Å². The van der Waals surface area contributed by atoms with Crippen LogP contribution in [-0.2, 0) is 6.54 Å². The molecule has 4 rings (SSSR count). The standard InChI is InChI=1S/C20H18N2O/c21-15-9-11-16(12-10-15)23-14-13-22-19-7-3-1-5-17(19)18-6-2-4-8-20(18)22/h1-12H,13-14,21H2. The van der Waals surface area contributed by atoms with Gasteiger partial charge in [-0.1, -0.05) is 36.4 Å². The van der Waals surface area contributed by atoms with E-state index in [-0.39, 0.29) is 0 Å². The first-order valence-corrected chi connectivity index (χ1v) is 7.77. The van der Waals surface area contributed by atoms with E-state index in [1.807, 2.05) is 24.3 Å². The van der Waals surface area contributed by atoms with Crippen LogP contribution in [0.1, 0.15) is 0 Å². The molecular weight excluding hydrogens is 284 g/mol. The average molecular weight is 302 g/mol. The molecule has 0 unspecified atom stereocenters. The van der Waals surface area contributed by atoms with Crippen LogP contribution in [-0.4, -0.2) is 11.2 Å². The molecule has 2 N–H and O–H groups in total. The summed E-state index contributed by atoms with van der Waals surface area (Å²) in [7, 11) is 0. The molecule has 0 amide bonds. The van der Waals surface area contributed by atoms with Gasteiger partial charge in [0.1, 0.15) is 12.4 Å². The Bertz CT molecular complexity index is 901. The van der Waals surface area contributed by atoms with E-state index < -0.39 is 0 Å². The minimum Gasteiger partial charge on any atom is -0.492 e. The summed E-state index contributed by atoms with van der Waals surface area (Å²) in [6.45, 7) is 1.42. The first kappa shape index (κ1) is 13.7. The van der Waals surface area contributed by atoms with Crippen LogP contribution >= 0.6 is 0 Å². The van der Waals surface area contributed by atoms with Crippen molar-refractivity contribution in [3.63, 3.8) is 0 Å². The first-order valence-electron chi connectivity index (χ1n) is 7.77. The van der Waals surface area contributed by atoms with Gasteiger partial charge in [-0.05, 0) is 36.4 Å². The van der Waals surface area contributed by atoms with Gasteiger partial charge in [0.05, 0.1) is 6.54 Å². The molecule has 0 spiro atoms. The largest absolute Gasteiger partial charge is 0.492 e. The highest BCUT2D eigenvalue weighted by Crippen LogP contribution is 2.28. The van der Waals surface area contributed by atoms with Crippen LogP contribution < -0.4 is 10.5 Å². The van der Waals surface area contributed by atoms with Gasteiger partial charge in [0.2, 0.25) is 0 Å². The maximum atomic E-state index is 5.86. The van der Waals surface area contributed by atoms with Crippen LogP contribution in [0.3, 0.4) is 0 Å². The molecule has 0 saturated carbocycles. The zero-order valence-electron chi connectivity index (χ0n) is 12.8. The molecule has 3 heteroatoms. The molecule has 0 aliphatic heterocycles. The molecule has 0 radical (unpaired) electrons. The fourth-order valence-corrected chi connectivity index (χ4v) is 3.06. The summed E-state index contributed by atoms with van der Waals surface area (Å²) in [5.74, 6) is 0.847. The number of rotatable bonds is 4. The Morgan fingerprint density at radius 3 is 1.91 bits per heavy atom. The highest BCUT2D eigenvalue weighted by atomic mass is 16.5. The van der Waals surface area contributed by atoms with E-state index >= 15 is 0 Å². The number of hydrogen-bond acceptors (Lipinski definition) is 2. The van der Waals surface area contributed by atoms with Crippen molar-refractivity contribution in [3.8, 4) is 5.75 Å². The van der Waals surface area contributed by atoms with Crippen molar-refractivity contribution in [1.29, 1.82) is 0 Å². The number of para-hydroxylation sites is 2. The van der Waals surface area contributed by atoms with E-state index in [0.29, 0.717) is 6.61 Å². The molecule has 0 fully saturated rings. The summed E-state index contributed by atoms with van der Waals surface area (Å²) in [5, 5.41) is 2.58. The Hall–Kier alpha value is -2.94. The lowest BCUT2D eigenvalue weighted by molar-refractivity contribution is 0.302. The normalized spacial score (nSPS) is 11.1. The van der Waals surface area contributed by atoms with Crippen molar-refractivity contribution < 1.29 is 4.74 Å². The van der Waals surface area contributed by atoms with E-state index in [2.05, 4.69) is 53.1 Å². The van der Waals surface area contributed by atoms with Gasteiger partial charge in [0.25, 0.3) is 0 Å². The second-order valence-corrected chi connectivity index (χ2v) is 5.60. The van der Waals surface area contributed by atoms with E-state index in [0.717, 1.165) is 18.0 Å². The lowest BCUT2D eigenvalue weighted by atomic mass is 10.2. The van der Waals surface area contributed by atoms with Gasteiger partial charge in [-0.25, -0.2) is 0 Å². The molecule has 114 valence electrons. The fourth-order valence-electron chi connectivity index (χ4n) is 3.06. The maximum absolute atomic E-state index is 5.86. The topological polar surface area (TPSA) is 40.2 Å². The molecule has 3 nitrogen and oxygen atoms in total. The summed E-state index contributed by atoms with van der Waals surface area (Å²) < 4.78 is 8.18. The second-order valence-electron chi connectivity index (χ2n) is 5.60. The number of fused-ring (bicyclic) bond motifs is 3. The maximum Gasteiger partial charge on any atom is 0.119 e. The summed E-state index contributed by atoms with van der Waals surface area (Å²) in [4.78, 5) is 0. The molecule has 0 bridgehead atoms. The number of ether oxygens (including phenoxy) is 1. The lowest BCUT2D eigenvalue weighted by Gasteiger charge is -2.10. The predicted molar refractivity (Wildman–Crippen MR) is 95.8 cm³/mol. The minimum absolute atomic E-state index is 0.618. The van der Waals surface area contributed by atoms with Gasteiger partial charge in [0.15, 0.2) is 0 Å². The summed E-state index contributed by atoms with van der Waals surface area (Å²) >= 11 is 0. The molecule has 0 atom stereocenters. The van der Waals surface area contributed by atoms with Crippen LogP contribution in [0.4, 0.5) is 5.69 Å². The average Bonchev–Trinajstić information content (AvgIpc) is 2.91. The molecule has 0 saturated heterocycles. The molecule has 0 aliphatic carbocycles. The third-order valence-corrected chi connectivity index (χ3v) is 4.14. The number of benzene rings is 3. The molecule has 23 heavy (non-hydrogen) atoms. The fraction of sp³-hybridized carbons (Fsp3) is 0.100. The third-order valence-electron chi connectivity index (χ3n) is 4.14. The van der Waals surface area contributed by atoms with Crippen LogP contribution in [0.2, 0.25) is 0 Å². The highest BCUT2D eigenvalue weighted by Gasteiger charge is 2.09. The number of nitrogens with two attached hydrogens (primary N) is 1. The molecule has 0 aliphatic rings. The van der Waals surface area contributed by atoms with E-state index in [1.54, 1.807) is 0 Å². The lowest BCUT2D eigenvalue weighted by Crippen LogP contribution is -2.07. The number of aromatic nitrogens is 1. The Kier molecular flexibility index (Phi) is 3.39. The minimum atomic E-state index is 0.618. The van der Waals surface area contributed by atoms with Crippen LogP contribution in [0.25, 0.3) is 21.8 Å². The van der Waals surface area contributed by atoms with E-state index in [9.17, 15) is 0 Å². The van der Waals surface area contributed by atoms with Crippen LogP contribution in [0.5, 0.6) is 5.75 Å². The monoisotopic (exact) mass is 302 g/mol. The summed E-state index contributed by atoms with van der Waals surface area (Å²) in [6, 6.07) is 24.5. The molecule has 4 aromatic rings. The summed E-state index contributed by atoms with van der Waals surface area (Å²) in [6.07, 6.45) is 0. The van der Waals surface area contributed by atoms with Crippen LogP contribution in [0.15, 0.2) is 72.8 Å². The van der Waals surface area contributed by atoms with Crippen molar-refractivity contribution in [2.45, 2.75) is 6.54 Å². The van der Waals surface area contributed by atoms with Gasteiger partial charge in [-0.2, -0.15) is 0 Å². The molecule has 1 aromatic heterocycles. The van der Waals surface area contributed by atoms with Crippen molar-refractivity contribution in [2.75, 3.05) is 12.3 Å². The SMILES string of the molecule is Nc1ccc(OCCn2c3ccccc3c3ccccc32)cc1. The van der Waals surface area contributed by atoms with Crippen molar-refractivity contribution in [2.24, 2.45) is 0 Å². The van der Waals surface area contributed by atoms with Crippen molar-refractivity contribution in [1.82, 2.24) is 4.57 Å². The number of nitrogens with zero attached hydrogens (tertiary/aromatic N) is 1. The Balaban J connectivity index is 1.63. The number of nitrogen functional groups attached to an aromatic ring is 1. The summed E-state index contributed by atoms with van der Waals surface area (Å²) in [5.41, 5.74) is 8.94. The number of anilines is 1. The van der Waals surface area contributed by atoms with Gasteiger partial charge >= 0.3 is 0 Å². The second kappa shape index (κ2) is 5.69. The van der Waals surface area contributed by atoms with Crippen LogP contribution in [0, 0.1) is 0 Å². The van der Waals surface area contributed by atoms with Gasteiger partial charge in [-0.15, -0.1) is 0 Å². The van der Waals surface area contributed by atoms with Crippen molar-refractivity contribution in [3.05, 3.63) is 72.8 Å². The Morgan fingerprint density at radius 2 is 1.30 bits per heavy atom. The van der Waals surface area contributed by atoms with Gasteiger partial charge in [0, 0.05) is 27.5 Å². The zero-order chi connectivity index (χ0) is 15.6. The van der Waals surface area contributed by atoms with Gasteiger partial charge < -0.3 is 15.0 Å². The van der Waals surface area contributed by atoms with Crippen molar-refractivity contribution >= 4 is 27.5 Å². The molecular formula is C20H18N2O. The Labute approximate surface area is 134 Å². The Morgan fingerprint density at radius 1 is 0.739 bits per heavy atom. The third kappa shape index (κ3) is 2.50. The first-order chi connectivity index (χ1) is 11.3. The molecule has 1 heterocycles. The highest BCUT2D eigenvalue weighted by molar-refractivity contribution is 6.07. The number of hydrogen-bond donors (Lipinski definition) is 1. The smallest absolute Gasteiger partial charge is 0.119 e. The van der Waals surface area contributed by atoms with E-state index in [4.69, 9.17) is 10.5 Å². The quantitative estimate of drug-likeness (QED) is 0.566. The molecule has 3 aromatic carbocycles. The predicted octanol–water partition coefficient (Wildman–Crippen LogP) is 4.46. The van der Waals surface area contributed by atoms with E-state index in [1.165, 1.54) is 21.8 Å².